The summed E-state index contributed by atoms with van der Waals surface area (Å²) < 4.78 is 51.8. The van der Waals surface area contributed by atoms with Crippen LogP contribution in [0.2, 0.25) is 0 Å². The molecule has 16 heavy (non-hydrogen) atoms. The highest BCUT2D eigenvalue weighted by molar-refractivity contribution is 5.27. The van der Waals surface area contributed by atoms with E-state index < -0.39 is 19.0 Å². The molecule has 3 heteroatoms. The molecule has 0 amide bonds. The van der Waals surface area contributed by atoms with Gasteiger partial charge in [0.1, 0.15) is 0 Å². The maximum absolute atomic E-state index is 12.3. The van der Waals surface area contributed by atoms with Gasteiger partial charge in [-0.3, -0.25) is 0 Å². The Morgan fingerprint density at radius 1 is 1.06 bits per heavy atom. The summed E-state index contributed by atoms with van der Waals surface area (Å²) in [5.74, 6) is 0. The Bertz CT molecular complexity index is 400. The topological polar surface area (TPSA) is 0 Å². The second-order valence-electron chi connectivity index (χ2n) is 4.80. The quantitative estimate of drug-likeness (QED) is 0.705. The molecule has 0 saturated heterocycles. The molecule has 0 aliphatic heterocycles. The van der Waals surface area contributed by atoms with E-state index in [1.165, 1.54) is 12.1 Å². The van der Waals surface area contributed by atoms with E-state index in [4.69, 9.17) is 2.74 Å². The first-order valence-electron chi connectivity index (χ1n) is 6.10. The highest BCUT2D eigenvalue weighted by atomic mass is 19.4. The molecule has 1 aromatic rings. The summed E-state index contributed by atoms with van der Waals surface area (Å²) in [6.07, 6.45) is -8.35. The van der Waals surface area contributed by atoms with Crippen molar-refractivity contribution in [2.75, 3.05) is 0 Å². The van der Waals surface area contributed by atoms with Crippen LogP contribution in [0.3, 0.4) is 0 Å². The average molecular weight is 232 g/mol. The first-order chi connectivity index (χ1) is 7.92. The van der Waals surface area contributed by atoms with E-state index in [0.717, 1.165) is 5.56 Å². The van der Waals surface area contributed by atoms with E-state index in [0.29, 0.717) is 0 Å². The Morgan fingerprint density at radius 3 is 1.94 bits per heavy atom. The number of rotatable bonds is 2. The first kappa shape index (κ1) is 10.2. The molecule has 0 radical (unpaired) electrons. The minimum atomic E-state index is -4.51. The summed E-state index contributed by atoms with van der Waals surface area (Å²) in [5, 5.41) is 0. The van der Waals surface area contributed by atoms with Crippen LogP contribution in [0.15, 0.2) is 24.3 Å². The van der Waals surface area contributed by atoms with Gasteiger partial charge in [-0.2, -0.15) is 13.2 Å². The summed E-state index contributed by atoms with van der Waals surface area (Å²) in [4.78, 5) is 0. The van der Waals surface area contributed by atoms with E-state index in [1.54, 1.807) is 12.1 Å². The molecular weight excluding hydrogens is 213 g/mol. The van der Waals surface area contributed by atoms with Gasteiger partial charge in [-0.25, -0.2) is 0 Å². The number of halogens is 3. The Balaban J connectivity index is 2.98. The Hall–Kier alpha value is -0.990. The molecule has 0 aliphatic rings. The first-order valence-corrected chi connectivity index (χ1v) is 5.10. The van der Waals surface area contributed by atoms with Crippen molar-refractivity contribution in [1.82, 2.24) is 0 Å². The lowest BCUT2D eigenvalue weighted by Crippen LogP contribution is -2.11. The maximum Gasteiger partial charge on any atom is 0.389 e. The molecule has 0 unspecified atom stereocenters. The standard InChI is InChI=1S/C13H17F3/c1-12(2,3)11-6-4-10(5-7-11)8-9-13(14,15)16/h4-7H,8-9H2,1-3H3/i8D2. The van der Waals surface area contributed by atoms with Gasteiger partial charge in [0.25, 0.3) is 0 Å². The molecule has 0 spiro atoms. The van der Waals surface area contributed by atoms with Crippen molar-refractivity contribution in [2.24, 2.45) is 0 Å². The predicted molar refractivity (Wildman–Crippen MR) is 59.5 cm³/mol. The van der Waals surface area contributed by atoms with Gasteiger partial charge in [0.05, 0.1) is 0 Å². The maximum atomic E-state index is 12.3. The summed E-state index contributed by atoms with van der Waals surface area (Å²) in [6.45, 7) is 5.98. The minimum absolute atomic E-state index is 0.0628. The van der Waals surface area contributed by atoms with Gasteiger partial charge in [0.15, 0.2) is 0 Å². The number of hydrogen-bond donors (Lipinski definition) is 0. The second kappa shape index (κ2) is 4.48. The molecule has 0 N–H and O–H groups in total. The van der Waals surface area contributed by atoms with E-state index in [9.17, 15) is 13.2 Å². The van der Waals surface area contributed by atoms with Crippen molar-refractivity contribution in [3.63, 3.8) is 0 Å². The highest BCUT2D eigenvalue weighted by Gasteiger charge is 2.26. The molecule has 0 bridgehead atoms. The van der Waals surface area contributed by atoms with Crippen LogP contribution in [0.25, 0.3) is 0 Å². The average Bonchev–Trinajstić information content (AvgIpc) is 2.13. The smallest absolute Gasteiger partial charge is 0.171 e. The minimum Gasteiger partial charge on any atom is -0.171 e. The van der Waals surface area contributed by atoms with Crippen LogP contribution in [-0.2, 0) is 11.8 Å². The third-order valence-corrected chi connectivity index (χ3v) is 2.24. The lowest BCUT2D eigenvalue weighted by molar-refractivity contribution is -0.133. The van der Waals surface area contributed by atoms with Crippen molar-refractivity contribution in [1.29, 1.82) is 0 Å². The van der Waals surface area contributed by atoms with E-state index in [-0.39, 0.29) is 11.0 Å². The molecule has 0 aromatic heterocycles. The van der Waals surface area contributed by atoms with Gasteiger partial charge in [0, 0.05) is 9.16 Å². The van der Waals surface area contributed by atoms with E-state index in [1.807, 2.05) is 20.8 Å². The molecule has 0 atom stereocenters. The van der Waals surface area contributed by atoms with Crippen LogP contribution in [0, 0.1) is 0 Å². The van der Waals surface area contributed by atoms with Crippen LogP contribution in [0.5, 0.6) is 0 Å². The molecule has 0 heterocycles. The predicted octanol–water partition coefficient (Wildman–Crippen LogP) is 4.48. The van der Waals surface area contributed by atoms with Gasteiger partial charge >= 0.3 is 6.18 Å². The van der Waals surface area contributed by atoms with Crippen LogP contribution in [0.4, 0.5) is 13.2 Å². The lowest BCUT2D eigenvalue weighted by atomic mass is 9.86. The zero-order valence-electron chi connectivity index (χ0n) is 11.7. The number of alkyl halides is 3. The summed E-state index contributed by atoms with van der Waals surface area (Å²) in [7, 11) is 0. The fraction of sp³-hybridized carbons (Fsp3) is 0.538. The third kappa shape index (κ3) is 4.25. The van der Waals surface area contributed by atoms with Crippen molar-refractivity contribution < 1.29 is 15.9 Å². The Labute approximate surface area is 97.3 Å². The molecular formula is C13H17F3. The van der Waals surface area contributed by atoms with Crippen LogP contribution < -0.4 is 0 Å². The zero-order valence-corrected chi connectivity index (χ0v) is 9.65. The van der Waals surface area contributed by atoms with Crippen molar-refractivity contribution in [2.45, 2.75) is 45.2 Å². The van der Waals surface area contributed by atoms with Gasteiger partial charge < -0.3 is 0 Å². The molecule has 0 fully saturated rings. The van der Waals surface area contributed by atoms with Gasteiger partial charge in [0.2, 0.25) is 0 Å². The van der Waals surface area contributed by atoms with Gasteiger partial charge in [-0.05, 0) is 22.9 Å². The van der Waals surface area contributed by atoms with Crippen molar-refractivity contribution in [3.05, 3.63) is 35.4 Å². The second-order valence-corrected chi connectivity index (χ2v) is 4.80. The lowest BCUT2D eigenvalue weighted by Gasteiger charge is -2.19. The van der Waals surface area contributed by atoms with Crippen LogP contribution in [0.1, 0.15) is 41.1 Å². The fourth-order valence-electron chi connectivity index (χ4n) is 1.29. The molecule has 90 valence electrons. The van der Waals surface area contributed by atoms with Crippen LogP contribution >= 0.6 is 0 Å². The fourth-order valence-corrected chi connectivity index (χ4v) is 1.29. The van der Waals surface area contributed by atoms with Gasteiger partial charge in [-0.15, -0.1) is 0 Å². The van der Waals surface area contributed by atoms with Crippen molar-refractivity contribution in [3.8, 4) is 0 Å². The molecule has 1 aromatic carbocycles. The molecule has 0 aliphatic carbocycles. The van der Waals surface area contributed by atoms with Crippen molar-refractivity contribution >= 4 is 0 Å². The summed E-state index contributed by atoms with van der Waals surface area (Å²) >= 11 is 0. The monoisotopic (exact) mass is 232 g/mol. The zero-order chi connectivity index (χ0) is 14.2. The summed E-state index contributed by atoms with van der Waals surface area (Å²) in [5.41, 5.74) is 0.928. The number of aryl methyl sites for hydroxylation is 1. The normalized spacial score (nSPS) is 15.6. The molecule has 0 nitrogen and oxygen atoms in total. The summed E-state index contributed by atoms with van der Waals surface area (Å²) in [6, 6.07) is 6.24. The van der Waals surface area contributed by atoms with Crippen LogP contribution in [-0.4, -0.2) is 6.18 Å². The number of hydrogen-bond acceptors (Lipinski definition) is 0. The van der Waals surface area contributed by atoms with E-state index in [2.05, 4.69) is 0 Å². The SMILES string of the molecule is [2H]C([2H])(CC(F)(F)F)c1ccc(C(C)(C)C)cc1. The van der Waals surface area contributed by atoms with E-state index >= 15 is 0 Å². The molecule has 1 rings (SSSR count). The largest absolute Gasteiger partial charge is 0.389 e. The van der Waals surface area contributed by atoms with Gasteiger partial charge in [-0.1, -0.05) is 45.0 Å². The number of benzene rings is 1. The Kier molecular flexibility index (Phi) is 2.85. The molecule has 0 saturated carbocycles. The highest BCUT2D eigenvalue weighted by Crippen LogP contribution is 2.25. The Morgan fingerprint density at radius 2 is 1.56 bits per heavy atom. The third-order valence-electron chi connectivity index (χ3n) is 2.24.